The fraction of sp³-hybridized carbons (Fsp3) is 0.500. The van der Waals surface area contributed by atoms with Gasteiger partial charge in [-0.1, -0.05) is 19.1 Å². The molecule has 0 saturated carbocycles. The van der Waals surface area contributed by atoms with Crippen LogP contribution in [0.3, 0.4) is 0 Å². The lowest BCUT2D eigenvalue weighted by Crippen LogP contribution is -2.34. The summed E-state index contributed by atoms with van der Waals surface area (Å²) in [6.45, 7) is 7.04. The molecular formula is C14H20FNO2. The zero-order chi connectivity index (χ0) is 13.7. The normalized spacial score (nSPS) is 12.7. The molecule has 0 fully saturated rings. The van der Waals surface area contributed by atoms with Gasteiger partial charge in [-0.15, -0.1) is 0 Å². The van der Waals surface area contributed by atoms with Gasteiger partial charge in [-0.25, -0.2) is 4.39 Å². The Morgan fingerprint density at radius 2 is 2.17 bits per heavy atom. The summed E-state index contributed by atoms with van der Waals surface area (Å²) in [6.07, 6.45) is 0.119. The first-order valence-electron chi connectivity index (χ1n) is 6.15. The molecule has 0 amide bonds. The Labute approximate surface area is 107 Å². The summed E-state index contributed by atoms with van der Waals surface area (Å²) in [5, 5.41) is 8.80. The number of benzene rings is 1. The van der Waals surface area contributed by atoms with Crippen LogP contribution in [0.2, 0.25) is 0 Å². The lowest BCUT2D eigenvalue weighted by Gasteiger charge is -2.26. The molecular weight excluding hydrogens is 233 g/mol. The van der Waals surface area contributed by atoms with Gasteiger partial charge in [-0.05, 0) is 37.6 Å². The largest absolute Gasteiger partial charge is 0.481 e. The number of carboxylic acids is 1. The van der Waals surface area contributed by atoms with E-state index in [0.29, 0.717) is 12.1 Å². The second-order valence-corrected chi connectivity index (χ2v) is 4.59. The van der Waals surface area contributed by atoms with Gasteiger partial charge in [0.1, 0.15) is 5.82 Å². The van der Waals surface area contributed by atoms with Crippen LogP contribution < -0.4 is 0 Å². The molecule has 0 heterocycles. The predicted molar refractivity (Wildman–Crippen MR) is 68.9 cm³/mol. The molecule has 1 aromatic rings. The molecule has 0 aliphatic rings. The molecule has 3 nitrogen and oxygen atoms in total. The number of carboxylic acid groups (broad SMARTS) is 1. The monoisotopic (exact) mass is 253 g/mol. The van der Waals surface area contributed by atoms with Crippen molar-refractivity contribution in [3.63, 3.8) is 0 Å². The molecule has 1 atom stereocenters. The molecule has 4 heteroatoms. The fourth-order valence-electron chi connectivity index (χ4n) is 2.00. The number of nitrogens with zero attached hydrogens (tertiary/aromatic N) is 1. The van der Waals surface area contributed by atoms with Crippen molar-refractivity contribution in [3.05, 3.63) is 35.1 Å². The first-order chi connectivity index (χ1) is 8.43. The van der Waals surface area contributed by atoms with Crippen molar-refractivity contribution in [1.29, 1.82) is 0 Å². The highest BCUT2D eigenvalue weighted by Gasteiger charge is 2.15. The Hall–Kier alpha value is -1.42. The second-order valence-electron chi connectivity index (χ2n) is 4.59. The van der Waals surface area contributed by atoms with E-state index in [-0.39, 0.29) is 18.3 Å². The Kier molecular flexibility index (Phi) is 5.28. The van der Waals surface area contributed by atoms with Gasteiger partial charge >= 0.3 is 5.97 Å². The standard InChI is InChI=1S/C14H20FNO2/c1-4-16(11(3)8-14(17)18)9-12-5-6-13(15)10(2)7-12/h5-7,11H,4,8-9H2,1-3H3,(H,17,18). The highest BCUT2D eigenvalue weighted by atomic mass is 19.1. The van der Waals surface area contributed by atoms with E-state index in [1.807, 2.05) is 19.9 Å². The van der Waals surface area contributed by atoms with Crippen LogP contribution in [0, 0.1) is 12.7 Å². The molecule has 0 bridgehead atoms. The second kappa shape index (κ2) is 6.50. The van der Waals surface area contributed by atoms with Crippen molar-refractivity contribution >= 4 is 5.97 Å². The minimum atomic E-state index is -0.795. The number of aliphatic carboxylic acids is 1. The predicted octanol–water partition coefficient (Wildman–Crippen LogP) is 2.82. The van der Waals surface area contributed by atoms with Crippen LogP contribution in [0.1, 0.15) is 31.4 Å². The fourth-order valence-corrected chi connectivity index (χ4v) is 2.00. The summed E-state index contributed by atoms with van der Waals surface area (Å²) in [5.74, 6) is -1.00. The minimum absolute atomic E-state index is 0.0298. The van der Waals surface area contributed by atoms with E-state index in [4.69, 9.17) is 5.11 Å². The summed E-state index contributed by atoms with van der Waals surface area (Å²) in [7, 11) is 0. The van der Waals surface area contributed by atoms with Gasteiger partial charge in [-0.3, -0.25) is 9.69 Å². The maximum Gasteiger partial charge on any atom is 0.304 e. The first kappa shape index (κ1) is 14.6. The number of hydrogen-bond donors (Lipinski definition) is 1. The molecule has 0 aliphatic heterocycles. The van der Waals surface area contributed by atoms with Crippen LogP contribution in [0.15, 0.2) is 18.2 Å². The van der Waals surface area contributed by atoms with E-state index >= 15 is 0 Å². The topological polar surface area (TPSA) is 40.5 Å². The molecule has 1 N–H and O–H groups in total. The molecule has 0 aliphatic carbocycles. The van der Waals surface area contributed by atoms with Gasteiger partial charge in [0.05, 0.1) is 6.42 Å². The van der Waals surface area contributed by atoms with Crippen LogP contribution in [0.25, 0.3) is 0 Å². The average Bonchev–Trinajstić information content (AvgIpc) is 2.29. The third-order valence-electron chi connectivity index (χ3n) is 3.11. The summed E-state index contributed by atoms with van der Waals surface area (Å²) < 4.78 is 13.2. The van der Waals surface area contributed by atoms with Gasteiger partial charge in [0.25, 0.3) is 0 Å². The van der Waals surface area contributed by atoms with Gasteiger partial charge in [-0.2, -0.15) is 0 Å². The van der Waals surface area contributed by atoms with Crippen molar-refractivity contribution in [2.45, 2.75) is 39.8 Å². The maximum atomic E-state index is 13.2. The van der Waals surface area contributed by atoms with Crippen LogP contribution in [0.5, 0.6) is 0 Å². The van der Waals surface area contributed by atoms with E-state index in [0.717, 1.165) is 12.1 Å². The molecule has 0 saturated heterocycles. The number of rotatable bonds is 6. The number of hydrogen-bond acceptors (Lipinski definition) is 2. The van der Waals surface area contributed by atoms with Crippen LogP contribution in [-0.4, -0.2) is 28.6 Å². The molecule has 18 heavy (non-hydrogen) atoms. The van der Waals surface area contributed by atoms with E-state index in [1.165, 1.54) is 6.07 Å². The lowest BCUT2D eigenvalue weighted by atomic mass is 10.1. The molecule has 1 unspecified atom stereocenters. The average molecular weight is 253 g/mol. The van der Waals surface area contributed by atoms with E-state index in [9.17, 15) is 9.18 Å². The summed E-state index contributed by atoms with van der Waals surface area (Å²) in [4.78, 5) is 12.8. The van der Waals surface area contributed by atoms with Gasteiger partial charge in [0.2, 0.25) is 0 Å². The zero-order valence-corrected chi connectivity index (χ0v) is 11.1. The quantitative estimate of drug-likeness (QED) is 0.847. The number of halogens is 1. The SMILES string of the molecule is CCN(Cc1ccc(F)c(C)c1)C(C)CC(=O)O. The summed E-state index contributed by atoms with van der Waals surface area (Å²) in [6, 6.07) is 4.99. The lowest BCUT2D eigenvalue weighted by molar-refractivity contribution is -0.138. The van der Waals surface area contributed by atoms with Gasteiger partial charge in [0.15, 0.2) is 0 Å². The van der Waals surface area contributed by atoms with Crippen molar-refractivity contribution in [1.82, 2.24) is 4.90 Å². The molecule has 0 radical (unpaired) electrons. The smallest absolute Gasteiger partial charge is 0.304 e. The van der Waals surface area contributed by atoms with Crippen molar-refractivity contribution in [3.8, 4) is 0 Å². The first-order valence-corrected chi connectivity index (χ1v) is 6.15. The minimum Gasteiger partial charge on any atom is -0.481 e. The van der Waals surface area contributed by atoms with E-state index in [1.54, 1.807) is 13.0 Å². The number of carbonyl (C=O) groups is 1. The third-order valence-corrected chi connectivity index (χ3v) is 3.11. The highest BCUT2D eigenvalue weighted by molar-refractivity contribution is 5.67. The Bertz CT molecular complexity index is 420. The molecule has 0 aromatic heterocycles. The van der Waals surface area contributed by atoms with Crippen molar-refractivity contribution in [2.75, 3.05) is 6.54 Å². The summed E-state index contributed by atoms with van der Waals surface area (Å²) >= 11 is 0. The van der Waals surface area contributed by atoms with Crippen LogP contribution in [0.4, 0.5) is 4.39 Å². The molecule has 0 spiro atoms. The molecule has 1 rings (SSSR count). The highest BCUT2D eigenvalue weighted by Crippen LogP contribution is 2.14. The van der Waals surface area contributed by atoms with Crippen molar-refractivity contribution in [2.24, 2.45) is 0 Å². The molecule has 100 valence electrons. The Balaban J connectivity index is 2.72. The van der Waals surface area contributed by atoms with E-state index < -0.39 is 5.97 Å². The van der Waals surface area contributed by atoms with Crippen molar-refractivity contribution < 1.29 is 14.3 Å². The maximum absolute atomic E-state index is 13.2. The molecule has 1 aromatic carbocycles. The van der Waals surface area contributed by atoms with Gasteiger partial charge in [0, 0.05) is 12.6 Å². The van der Waals surface area contributed by atoms with Crippen LogP contribution >= 0.6 is 0 Å². The Morgan fingerprint density at radius 1 is 1.50 bits per heavy atom. The third kappa shape index (κ3) is 4.11. The zero-order valence-electron chi connectivity index (χ0n) is 11.1. The van der Waals surface area contributed by atoms with Gasteiger partial charge < -0.3 is 5.11 Å². The summed E-state index contributed by atoms with van der Waals surface area (Å²) in [5.41, 5.74) is 1.63. The number of aryl methyl sites for hydroxylation is 1. The Morgan fingerprint density at radius 3 is 2.67 bits per heavy atom. The van der Waals surface area contributed by atoms with Crippen LogP contribution in [-0.2, 0) is 11.3 Å². The van der Waals surface area contributed by atoms with E-state index in [2.05, 4.69) is 4.90 Å².